The summed E-state index contributed by atoms with van der Waals surface area (Å²) in [6, 6.07) is 0. The number of fused-ring (bicyclic) bond motifs is 1. The first kappa shape index (κ1) is 17.5. The molecule has 2 heterocycles. The van der Waals surface area contributed by atoms with Gasteiger partial charge in [-0.15, -0.1) is 0 Å². The van der Waals surface area contributed by atoms with E-state index in [1.54, 1.807) is 0 Å². The van der Waals surface area contributed by atoms with E-state index in [0.717, 1.165) is 44.9 Å². The highest BCUT2D eigenvalue weighted by Crippen LogP contribution is 2.53. The molecule has 3 aliphatic rings. The van der Waals surface area contributed by atoms with Crippen molar-refractivity contribution in [3.63, 3.8) is 0 Å². The average molecular weight is 335 g/mol. The van der Waals surface area contributed by atoms with E-state index in [-0.39, 0.29) is 17.7 Å². The normalized spacial score (nSPS) is 39.0. The summed E-state index contributed by atoms with van der Waals surface area (Å²) in [5, 5.41) is 13.8. The van der Waals surface area contributed by atoms with Gasteiger partial charge < -0.3 is 15.2 Å². The highest BCUT2D eigenvalue weighted by Gasteiger charge is 2.79. The number of amides is 1. The van der Waals surface area contributed by atoms with Crippen LogP contribution >= 0.6 is 0 Å². The largest absolute Gasteiger partial charge is 0.453 e. The van der Waals surface area contributed by atoms with Crippen LogP contribution in [-0.4, -0.2) is 34.2 Å². The Labute approximate surface area is 143 Å². The average Bonchev–Trinajstić information content (AvgIpc) is 2.76. The van der Waals surface area contributed by atoms with Gasteiger partial charge in [0.05, 0.1) is 12.0 Å². The zero-order valence-electron chi connectivity index (χ0n) is 14.7. The summed E-state index contributed by atoms with van der Waals surface area (Å²) in [5.74, 6) is -1.11. The van der Waals surface area contributed by atoms with Crippen LogP contribution in [-0.2, 0) is 14.3 Å². The zero-order chi connectivity index (χ0) is 17.4. The van der Waals surface area contributed by atoms with Crippen molar-refractivity contribution in [1.29, 1.82) is 0 Å². The van der Waals surface area contributed by atoms with Crippen LogP contribution in [0.1, 0.15) is 65.2 Å². The van der Waals surface area contributed by atoms with Gasteiger partial charge in [-0.05, 0) is 32.6 Å². The minimum Gasteiger partial charge on any atom is -0.453 e. The molecule has 134 valence electrons. The van der Waals surface area contributed by atoms with Gasteiger partial charge in [0.1, 0.15) is 0 Å². The number of hydrogen-bond donors (Lipinski definition) is 2. The van der Waals surface area contributed by atoms with Crippen LogP contribution in [0.5, 0.6) is 0 Å². The smallest absolute Gasteiger partial charge is 0.339 e. The van der Waals surface area contributed by atoms with Crippen LogP contribution < -0.4 is 5.32 Å². The maximum atomic E-state index is 12.6. The molecule has 5 nitrogen and oxygen atoms in total. The van der Waals surface area contributed by atoms with Crippen molar-refractivity contribution >= 4 is 11.9 Å². The summed E-state index contributed by atoms with van der Waals surface area (Å²) >= 11 is 0. The Kier molecular flexibility index (Phi) is 4.73. The molecule has 2 unspecified atom stereocenters. The maximum Gasteiger partial charge on any atom is 0.339 e. The molecule has 2 N–H and O–H groups in total. The number of aliphatic hydroxyl groups excluding tert-OH is 1. The monoisotopic (exact) mass is 335 g/mol. The fourth-order valence-corrected chi connectivity index (χ4v) is 4.66. The van der Waals surface area contributed by atoms with Crippen molar-refractivity contribution in [2.45, 2.75) is 82.5 Å². The van der Waals surface area contributed by atoms with Gasteiger partial charge in [0, 0.05) is 5.92 Å². The van der Waals surface area contributed by atoms with Crippen LogP contribution in [0.25, 0.3) is 0 Å². The van der Waals surface area contributed by atoms with E-state index in [1.807, 2.05) is 19.1 Å². The molecule has 0 aromatic carbocycles. The topological polar surface area (TPSA) is 75.6 Å². The quantitative estimate of drug-likeness (QED) is 0.426. The Bertz CT molecular complexity index is 545. The van der Waals surface area contributed by atoms with Crippen LogP contribution in [0.3, 0.4) is 0 Å². The molecule has 0 aromatic rings. The first-order chi connectivity index (χ1) is 11.5. The third-order valence-electron chi connectivity index (χ3n) is 6.20. The lowest BCUT2D eigenvalue weighted by Crippen LogP contribution is -2.80. The summed E-state index contributed by atoms with van der Waals surface area (Å²) in [6.07, 6.45) is 10.9. The molecule has 2 fully saturated rings. The lowest BCUT2D eigenvalue weighted by atomic mass is 9.64. The third kappa shape index (κ3) is 2.40. The highest BCUT2D eigenvalue weighted by atomic mass is 16.6. The Morgan fingerprint density at radius 1 is 1.38 bits per heavy atom. The van der Waals surface area contributed by atoms with E-state index in [4.69, 9.17) is 4.74 Å². The van der Waals surface area contributed by atoms with E-state index < -0.39 is 23.2 Å². The van der Waals surface area contributed by atoms with Crippen molar-refractivity contribution in [3.8, 4) is 0 Å². The lowest BCUT2D eigenvalue weighted by Gasteiger charge is -2.54. The summed E-state index contributed by atoms with van der Waals surface area (Å²) in [6.45, 7) is 3.96. The number of unbranched alkanes of at least 4 members (excludes halogenated alkanes) is 3. The molecule has 2 aliphatic heterocycles. The minimum atomic E-state index is -1.27. The van der Waals surface area contributed by atoms with Crippen molar-refractivity contribution in [1.82, 2.24) is 5.32 Å². The fourth-order valence-electron chi connectivity index (χ4n) is 4.66. The van der Waals surface area contributed by atoms with Crippen LogP contribution in [0.15, 0.2) is 12.2 Å². The van der Waals surface area contributed by atoms with E-state index in [1.165, 1.54) is 0 Å². The first-order valence-corrected chi connectivity index (χ1v) is 9.37. The van der Waals surface area contributed by atoms with Gasteiger partial charge in [-0.1, -0.05) is 44.8 Å². The van der Waals surface area contributed by atoms with E-state index in [2.05, 4.69) is 12.2 Å². The molecule has 2 saturated heterocycles. The maximum absolute atomic E-state index is 12.6. The Morgan fingerprint density at radius 3 is 2.79 bits per heavy atom. The number of allylic oxidation sites excluding steroid dienone is 1. The van der Waals surface area contributed by atoms with E-state index in [9.17, 15) is 14.7 Å². The number of rotatable bonds is 7. The zero-order valence-corrected chi connectivity index (χ0v) is 14.7. The molecule has 0 spiro atoms. The van der Waals surface area contributed by atoms with Gasteiger partial charge >= 0.3 is 5.97 Å². The minimum absolute atomic E-state index is 0.106. The van der Waals surface area contributed by atoms with Crippen LogP contribution in [0.2, 0.25) is 0 Å². The fraction of sp³-hybridized carbons (Fsp3) is 0.789. The molecule has 0 bridgehead atoms. The lowest BCUT2D eigenvalue weighted by molar-refractivity contribution is -0.238. The van der Waals surface area contributed by atoms with Gasteiger partial charge in [-0.3, -0.25) is 4.79 Å². The molecule has 24 heavy (non-hydrogen) atoms. The number of hydrogen-bond acceptors (Lipinski definition) is 4. The van der Waals surface area contributed by atoms with Gasteiger partial charge in [0.25, 0.3) is 0 Å². The second-order valence-corrected chi connectivity index (χ2v) is 7.66. The molecule has 0 radical (unpaired) electrons. The summed E-state index contributed by atoms with van der Waals surface area (Å²) in [7, 11) is 0. The Balaban J connectivity index is 1.79. The predicted molar refractivity (Wildman–Crippen MR) is 90.1 cm³/mol. The SMILES string of the molecule is CCCCCC[C@@H]1C(=O)NC2([C@@H](O)[C@@H]3C=CCCC3)C(=O)OC12C. The van der Waals surface area contributed by atoms with Crippen molar-refractivity contribution in [2.75, 3.05) is 0 Å². The number of aliphatic hydroxyl groups is 1. The summed E-state index contributed by atoms with van der Waals surface area (Å²) < 4.78 is 5.50. The molecule has 5 atom stereocenters. The van der Waals surface area contributed by atoms with Gasteiger partial charge in [-0.2, -0.15) is 0 Å². The van der Waals surface area contributed by atoms with E-state index in [0.29, 0.717) is 6.42 Å². The molecule has 1 aliphatic carbocycles. The second kappa shape index (κ2) is 6.51. The molecular weight excluding hydrogens is 306 g/mol. The predicted octanol–water partition coefficient (Wildman–Crippen LogP) is 2.47. The molecule has 0 aromatic heterocycles. The third-order valence-corrected chi connectivity index (χ3v) is 6.20. The summed E-state index contributed by atoms with van der Waals surface area (Å²) in [4.78, 5) is 24.9. The molecular formula is C19H29NO4. The standard InChI is InChI=1S/C19H29NO4/c1-3-4-5-9-12-14-16(22)20-19(17(23)24-18(14,19)2)15(21)13-10-7-6-8-11-13/h7,10,13-15,21H,3-6,8-9,11-12H2,1-2H3,(H,20,22)/t13-,14-,15+,18?,19?/m1/s1. The van der Waals surface area contributed by atoms with Gasteiger partial charge in [-0.25, -0.2) is 4.79 Å². The van der Waals surface area contributed by atoms with Crippen molar-refractivity contribution in [3.05, 3.63) is 12.2 Å². The number of nitrogens with one attached hydrogen (secondary N) is 1. The van der Waals surface area contributed by atoms with Gasteiger partial charge in [0.15, 0.2) is 5.60 Å². The van der Waals surface area contributed by atoms with Crippen LogP contribution in [0.4, 0.5) is 0 Å². The molecule has 0 saturated carbocycles. The molecule has 1 amide bonds. The number of ether oxygens (including phenoxy) is 1. The molecule has 3 rings (SSSR count). The van der Waals surface area contributed by atoms with E-state index >= 15 is 0 Å². The molecule has 5 heteroatoms. The first-order valence-electron chi connectivity index (χ1n) is 9.37. The second-order valence-electron chi connectivity index (χ2n) is 7.66. The summed E-state index contributed by atoms with van der Waals surface area (Å²) in [5.41, 5.74) is -2.20. The van der Waals surface area contributed by atoms with Gasteiger partial charge in [0.2, 0.25) is 11.4 Å². The number of esters is 1. The Morgan fingerprint density at radius 2 is 2.17 bits per heavy atom. The van der Waals surface area contributed by atoms with Crippen LogP contribution in [0, 0.1) is 11.8 Å². The number of carbonyl (C=O) groups excluding carboxylic acids is 2. The van der Waals surface area contributed by atoms with Crippen molar-refractivity contribution in [2.24, 2.45) is 11.8 Å². The van der Waals surface area contributed by atoms with Crippen molar-refractivity contribution < 1.29 is 19.4 Å². The Hall–Kier alpha value is -1.36. The highest BCUT2D eigenvalue weighted by molar-refractivity contribution is 6.01. The number of carbonyl (C=O) groups is 2.